The highest BCUT2D eigenvalue weighted by Crippen LogP contribution is 2.30. The Labute approximate surface area is 115 Å². The molecule has 104 valence electrons. The van der Waals surface area contributed by atoms with Crippen LogP contribution in [0.4, 0.5) is 0 Å². The molecule has 0 bridgehead atoms. The summed E-state index contributed by atoms with van der Waals surface area (Å²) in [7, 11) is 0. The summed E-state index contributed by atoms with van der Waals surface area (Å²) in [5, 5.41) is 22.2. The van der Waals surface area contributed by atoms with Crippen LogP contribution in [0.5, 0.6) is 0 Å². The molecule has 1 aliphatic rings. The van der Waals surface area contributed by atoms with E-state index in [1.165, 1.54) is 11.3 Å². The minimum absolute atomic E-state index is 0.0212. The molecule has 0 fully saturated rings. The number of aliphatic carboxylic acids is 1. The maximum Gasteiger partial charge on any atom is 0.332 e. The van der Waals surface area contributed by atoms with Crippen molar-refractivity contribution in [2.24, 2.45) is 0 Å². The van der Waals surface area contributed by atoms with E-state index in [0.29, 0.717) is 5.56 Å². The number of aliphatic hydroxyl groups excluding tert-OH is 1. The van der Waals surface area contributed by atoms with Crippen molar-refractivity contribution in [1.29, 1.82) is 0 Å². The number of aryl methyl sites for hydroxylation is 1. The van der Waals surface area contributed by atoms with E-state index < -0.39 is 12.1 Å². The second kappa shape index (κ2) is 6.16. The summed E-state index contributed by atoms with van der Waals surface area (Å²) in [6, 6.07) is 0. The number of hydrogen-bond donors (Lipinski definition) is 3. The van der Waals surface area contributed by atoms with Gasteiger partial charge in [0.25, 0.3) is 5.91 Å². The Kier molecular flexibility index (Phi) is 4.55. The van der Waals surface area contributed by atoms with Gasteiger partial charge in [-0.15, -0.1) is 11.3 Å². The molecule has 2 rings (SSSR count). The molecule has 1 aliphatic carbocycles. The highest BCUT2D eigenvalue weighted by molar-refractivity contribution is 7.10. The Morgan fingerprint density at radius 2 is 2.11 bits per heavy atom. The zero-order valence-corrected chi connectivity index (χ0v) is 11.3. The van der Waals surface area contributed by atoms with Gasteiger partial charge in [0, 0.05) is 23.2 Å². The molecule has 0 saturated carbocycles. The number of carboxylic acid groups (broad SMARTS) is 1. The molecule has 5 nitrogen and oxygen atoms in total. The highest BCUT2D eigenvalue weighted by atomic mass is 32.1. The molecule has 1 unspecified atom stereocenters. The van der Waals surface area contributed by atoms with Gasteiger partial charge in [0.2, 0.25) is 0 Å². The second-order valence-electron chi connectivity index (χ2n) is 4.66. The van der Waals surface area contributed by atoms with Crippen molar-refractivity contribution < 1.29 is 19.8 Å². The first-order valence-electron chi connectivity index (χ1n) is 6.38. The fraction of sp³-hybridized carbons (Fsp3) is 0.538. The summed E-state index contributed by atoms with van der Waals surface area (Å²) >= 11 is 1.62. The first-order chi connectivity index (χ1) is 9.09. The number of carbonyl (C=O) groups excluding carboxylic acids is 1. The Morgan fingerprint density at radius 3 is 2.84 bits per heavy atom. The van der Waals surface area contributed by atoms with Gasteiger partial charge in [-0.3, -0.25) is 4.79 Å². The molecule has 1 aromatic rings. The summed E-state index contributed by atoms with van der Waals surface area (Å²) in [4.78, 5) is 23.7. The minimum Gasteiger partial charge on any atom is -0.479 e. The number of thiophene rings is 1. The summed E-state index contributed by atoms with van der Waals surface area (Å²) in [5.74, 6) is -1.43. The molecular formula is C13H17NO4S. The number of aliphatic hydroxyl groups is 1. The van der Waals surface area contributed by atoms with Gasteiger partial charge in [-0.2, -0.15) is 0 Å². The molecule has 6 heteroatoms. The predicted molar refractivity (Wildman–Crippen MR) is 71.6 cm³/mol. The number of carboxylic acids is 1. The normalized spacial score (nSPS) is 15.6. The van der Waals surface area contributed by atoms with Crippen LogP contribution in [0.2, 0.25) is 0 Å². The number of hydrogen-bond acceptors (Lipinski definition) is 4. The van der Waals surface area contributed by atoms with E-state index in [-0.39, 0.29) is 18.9 Å². The number of nitrogens with one attached hydrogen (secondary N) is 1. The molecule has 1 amide bonds. The Hall–Kier alpha value is -1.40. The molecule has 1 heterocycles. The Morgan fingerprint density at radius 1 is 1.37 bits per heavy atom. The number of fused-ring (bicyclic) bond motifs is 1. The van der Waals surface area contributed by atoms with Crippen LogP contribution in [-0.2, 0) is 17.6 Å². The topological polar surface area (TPSA) is 86.6 Å². The SMILES string of the molecule is O=C(NCCC(O)C(=O)O)c1csc2c1CCCC2. The van der Waals surface area contributed by atoms with Crippen LogP contribution in [-0.4, -0.2) is 34.7 Å². The number of rotatable bonds is 5. The maximum atomic E-state index is 12.0. The fourth-order valence-corrected chi connectivity index (χ4v) is 3.35. The van der Waals surface area contributed by atoms with E-state index in [9.17, 15) is 9.59 Å². The van der Waals surface area contributed by atoms with Gasteiger partial charge in [-0.1, -0.05) is 0 Å². The van der Waals surface area contributed by atoms with Crippen LogP contribution in [0.15, 0.2) is 5.38 Å². The lowest BCUT2D eigenvalue weighted by atomic mass is 9.95. The first-order valence-corrected chi connectivity index (χ1v) is 7.26. The van der Waals surface area contributed by atoms with E-state index in [0.717, 1.165) is 24.8 Å². The summed E-state index contributed by atoms with van der Waals surface area (Å²) in [6.45, 7) is 0.164. The zero-order chi connectivity index (χ0) is 13.8. The Balaban J connectivity index is 1.90. The monoisotopic (exact) mass is 283 g/mol. The largest absolute Gasteiger partial charge is 0.479 e. The van der Waals surface area contributed by atoms with Crippen molar-refractivity contribution in [3.8, 4) is 0 Å². The van der Waals surface area contributed by atoms with Crippen molar-refractivity contribution >= 4 is 23.2 Å². The van der Waals surface area contributed by atoms with E-state index >= 15 is 0 Å². The number of amides is 1. The lowest BCUT2D eigenvalue weighted by molar-refractivity contribution is -0.146. The van der Waals surface area contributed by atoms with E-state index in [2.05, 4.69) is 5.32 Å². The van der Waals surface area contributed by atoms with Crippen molar-refractivity contribution in [2.45, 2.75) is 38.2 Å². The molecule has 1 aromatic heterocycles. The fourth-order valence-electron chi connectivity index (χ4n) is 2.23. The summed E-state index contributed by atoms with van der Waals surface area (Å²) in [6.07, 6.45) is 2.88. The van der Waals surface area contributed by atoms with Crippen molar-refractivity contribution in [3.05, 3.63) is 21.4 Å². The quantitative estimate of drug-likeness (QED) is 0.757. The standard InChI is InChI=1S/C13H17NO4S/c15-10(13(17)18)5-6-14-12(16)9-7-19-11-4-2-1-3-8(9)11/h7,10,15H,1-6H2,(H,14,16)(H,17,18). The van der Waals surface area contributed by atoms with Crippen LogP contribution in [0, 0.1) is 0 Å². The van der Waals surface area contributed by atoms with Crippen LogP contribution in [0.25, 0.3) is 0 Å². The van der Waals surface area contributed by atoms with Crippen molar-refractivity contribution in [2.75, 3.05) is 6.54 Å². The smallest absolute Gasteiger partial charge is 0.332 e. The highest BCUT2D eigenvalue weighted by Gasteiger charge is 2.20. The molecule has 3 N–H and O–H groups in total. The van der Waals surface area contributed by atoms with Crippen LogP contribution in [0.3, 0.4) is 0 Å². The van der Waals surface area contributed by atoms with Gasteiger partial charge >= 0.3 is 5.97 Å². The third kappa shape index (κ3) is 3.33. The lowest BCUT2D eigenvalue weighted by Crippen LogP contribution is -2.30. The van der Waals surface area contributed by atoms with E-state index in [1.54, 1.807) is 11.3 Å². The van der Waals surface area contributed by atoms with Gasteiger partial charge in [-0.25, -0.2) is 4.79 Å². The van der Waals surface area contributed by atoms with Gasteiger partial charge in [0.15, 0.2) is 6.10 Å². The maximum absolute atomic E-state index is 12.0. The van der Waals surface area contributed by atoms with Crippen molar-refractivity contribution in [1.82, 2.24) is 5.32 Å². The molecule has 0 aromatic carbocycles. The van der Waals surface area contributed by atoms with Crippen LogP contribution >= 0.6 is 11.3 Å². The molecule has 0 saturated heterocycles. The van der Waals surface area contributed by atoms with Crippen molar-refractivity contribution in [3.63, 3.8) is 0 Å². The molecule has 19 heavy (non-hydrogen) atoms. The summed E-state index contributed by atoms with van der Waals surface area (Å²) < 4.78 is 0. The van der Waals surface area contributed by atoms with E-state index in [4.69, 9.17) is 10.2 Å². The average Bonchev–Trinajstić information content (AvgIpc) is 2.82. The molecular weight excluding hydrogens is 266 g/mol. The number of carbonyl (C=O) groups is 2. The molecule has 0 aliphatic heterocycles. The minimum atomic E-state index is -1.42. The third-order valence-electron chi connectivity index (χ3n) is 3.29. The van der Waals surface area contributed by atoms with Gasteiger partial charge in [0.05, 0.1) is 5.56 Å². The lowest BCUT2D eigenvalue weighted by Gasteiger charge is -2.13. The van der Waals surface area contributed by atoms with Gasteiger partial charge < -0.3 is 15.5 Å². The summed E-state index contributed by atoms with van der Waals surface area (Å²) in [5.41, 5.74) is 1.86. The molecule has 0 spiro atoms. The molecule has 1 atom stereocenters. The zero-order valence-electron chi connectivity index (χ0n) is 10.5. The second-order valence-corrected chi connectivity index (χ2v) is 5.62. The van der Waals surface area contributed by atoms with Gasteiger partial charge in [-0.05, 0) is 31.2 Å². The first kappa shape index (κ1) is 14.0. The average molecular weight is 283 g/mol. The predicted octanol–water partition coefficient (Wildman–Crippen LogP) is 1.19. The van der Waals surface area contributed by atoms with Crippen LogP contribution < -0.4 is 5.32 Å². The molecule has 0 radical (unpaired) electrons. The van der Waals surface area contributed by atoms with Crippen LogP contribution in [0.1, 0.15) is 40.1 Å². The Bertz CT molecular complexity index is 483. The third-order valence-corrected chi connectivity index (χ3v) is 4.38. The van der Waals surface area contributed by atoms with E-state index in [1.807, 2.05) is 5.38 Å². The van der Waals surface area contributed by atoms with Gasteiger partial charge in [0.1, 0.15) is 0 Å².